The van der Waals surface area contributed by atoms with Gasteiger partial charge in [-0.25, -0.2) is 19.2 Å². The summed E-state index contributed by atoms with van der Waals surface area (Å²) in [4.78, 5) is 22.6. The Hall–Kier alpha value is -3.16. The van der Waals surface area contributed by atoms with Crippen molar-refractivity contribution in [2.45, 2.75) is 50.7 Å². The van der Waals surface area contributed by atoms with E-state index in [0.717, 1.165) is 4.31 Å². The number of carbonyl (C=O) groups excluding carboxylic acids is 1. The molecule has 2 heterocycles. The second kappa shape index (κ2) is 12.8. The van der Waals surface area contributed by atoms with Gasteiger partial charge in [0.2, 0.25) is 0 Å². The number of ether oxygens (including phenoxy) is 1. The average Bonchev–Trinajstić information content (AvgIpc) is 3.35. The van der Waals surface area contributed by atoms with Crippen LogP contribution in [-0.2, 0) is 24.0 Å². The van der Waals surface area contributed by atoms with Crippen molar-refractivity contribution in [2.75, 3.05) is 23.2 Å². The Morgan fingerprint density at radius 2 is 1.97 bits per heavy atom. The molecular weight excluding hydrogens is 554 g/mol. The highest BCUT2D eigenvalue weighted by Crippen LogP contribution is 2.37. The number of anilines is 2. The van der Waals surface area contributed by atoms with Gasteiger partial charge in [-0.05, 0) is 51.6 Å². The molecule has 39 heavy (non-hydrogen) atoms. The van der Waals surface area contributed by atoms with Gasteiger partial charge in [0.1, 0.15) is 16.4 Å². The summed E-state index contributed by atoms with van der Waals surface area (Å²) in [7, 11) is 1.83. The molecule has 0 aliphatic carbocycles. The fourth-order valence-electron chi connectivity index (χ4n) is 3.44. The quantitative estimate of drug-likeness (QED) is 0.152. The molecule has 0 atom stereocenters. The first-order valence-corrected chi connectivity index (χ1v) is 13.5. The molecule has 1 amide bonds. The summed E-state index contributed by atoms with van der Waals surface area (Å²) in [6, 6.07) is 7.10. The van der Waals surface area contributed by atoms with E-state index < -0.39 is 29.4 Å². The van der Waals surface area contributed by atoms with Gasteiger partial charge in [-0.3, -0.25) is 4.90 Å². The maximum Gasteiger partial charge on any atom is 0.435 e. The van der Waals surface area contributed by atoms with E-state index in [0.29, 0.717) is 30.6 Å². The predicted molar refractivity (Wildman–Crippen MR) is 146 cm³/mol. The zero-order chi connectivity index (χ0) is 28.8. The van der Waals surface area contributed by atoms with E-state index in [2.05, 4.69) is 21.9 Å². The fraction of sp³-hybridized carbons (Fsp3) is 0.346. The largest absolute Gasteiger partial charge is 0.443 e. The van der Waals surface area contributed by atoms with E-state index >= 15 is 0 Å². The Balaban J connectivity index is 1.88. The number of nitrogens with one attached hydrogen (secondary N) is 1. The fourth-order valence-corrected chi connectivity index (χ4v) is 4.78. The van der Waals surface area contributed by atoms with E-state index in [-0.39, 0.29) is 28.6 Å². The number of thiazole rings is 1. The minimum atomic E-state index is -4.82. The molecule has 1 N–H and O–H groups in total. The van der Waals surface area contributed by atoms with Crippen LogP contribution >= 0.6 is 23.3 Å². The van der Waals surface area contributed by atoms with Crippen LogP contribution in [0.2, 0.25) is 0 Å². The molecule has 0 saturated heterocycles. The molecule has 0 unspecified atom stereocenters. The predicted octanol–water partition coefficient (Wildman–Crippen LogP) is 7.37. The van der Waals surface area contributed by atoms with Crippen LogP contribution < -0.4 is 9.62 Å². The van der Waals surface area contributed by atoms with Crippen LogP contribution in [0.15, 0.2) is 58.9 Å². The van der Waals surface area contributed by atoms with Crippen LogP contribution in [0.3, 0.4) is 0 Å². The topological polar surface area (TPSA) is 70.6 Å². The second-order valence-electron chi connectivity index (χ2n) is 9.47. The third-order valence-electron chi connectivity index (χ3n) is 5.06. The van der Waals surface area contributed by atoms with Crippen LogP contribution in [0, 0.1) is 5.82 Å². The minimum Gasteiger partial charge on any atom is -0.443 e. The van der Waals surface area contributed by atoms with Crippen molar-refractivity contribution in [3.8, 4) is 0 Å². The molecule has 0 fully saturated rings. The van der Waals surface area contributed by atoms with E-state index in [1.165, 1.54) is 35.0 Å². The van der Waals surface area contributed by atoms with Crippen molar-refractivity contribution in [1.82, 2.24) is 14.9 Å². The summed E-state index contributed by atoms with van der Waals surface area (Å²) in [6.07, 6.45) is -3.92. The van der Waals surface area contributed by atoms with Gasteiger partial charge >= 0.3 is 12.3 Å². The summed E-state index contributed by atoms with van der Waals surface area (Å²) in [5.74, 6) is -0.331. The highest BCUT2D eigenvalue weighted by molar-refractivity contribution is 8.01. The van der Waals surface area contributed by atoms with Crippen molar-refractivity contribution < 1.29 is 27.1 Å². The molecule has 0 aliphatic rings. The van der Waals surface area contributed by atoms with Gasteiger partial charge in [0, 0.05) is 42.5 Å². The molecular formula is C26H29F4N5O2S2. The van der Waals surface area contributed by atoms with Crippen LogP contribution in [0.4, 0.5) is 33.9 Å². The smallest absolute Gasteiger partial charge is 0.435 e. The van der Waals surface area contributed by atoms with Crippen molar-refractivity contribution in [3.05, 3.63) is 76.5 Å². The molecule has 0 saturated carbocycles. The Morgan fingerprint density at radius 1 is 1.23 bits per heavy atom. The molecule has 0 radical (unpaired) electrons. The molecule has 2 aromatic heterocycles. The first-order chi connectivity index (χ1) is 18.3. The number of benzene rings is 1. The number of hydrogen-bond donors (Lipinski definition) is 1. The number of hydrogen-bond acceptors (Lipinski definition) is 8. The van der Waals surface area contributed by atoms with Crippen LogP contribution in [0.1, 0.15) is 37.6 Å². The second-order valence-corrected chi connectivity index (χ2v) is 11.2. The van der Waals surface area contributed by atoms with E-state index in [1.807, 2.05) is 11.9 Å². The SMILES string of the molecule is C=CCN(C)Cc1cccc(F)c1CNc1ccc(SN(C(=O)OC(C)(C)C)c2cscn2)nc1C(F)(F)F. The molecule has 0 aliphatic heterocycles. The maximum atomic E-state index is 14.7. The van der Waals surface area contributed by atoms with E-state index in [9.17, 15) is 22.4 Å². The summed E-state index contributed by atoms with van der Waals surface area (Å²) >= 11 is 1.87. The van der Waals surface area contributed by atoms with Crippen molar-refractivity contribution in [2.24, 2.45) is 0 Å². The normalized spacial score (nSPS) is 11.9. The Labute approximate surface area is 233 Å². The third-order valence-corrected chi connectivity index (χ3v) is 6.57. The monoisotopic (exact) mass is 583 g/mol. The van der Waals surface area contributed by atoms with Crippen molar-refractivity contribution >= 4 is 40.9 Å². The highest BCUT2D eigenvalue weighted by atomic mass is 32.2. The number of alkyl halides is 3. The lowest BCUT2D eigenvalue weighted by molar-refractivity contribution is -0.140. The van der Waals surface area contributed by atoms with Crippen LogP contribution in [0.5, 0.6) is 0 Å². The highest BCUT2D eigenvalue weighted by Gasteiger charge is 2.37. The van der Waals surface area contributed by atoms with Crippen molar-refractivity contribution in [1.29, 1.82) is 0 Å². The summed E-state index contributed by atoms with van der Waals surface area (Å²) < 4.78 is 63.3. The molecule has 0 bridgehead atoms. The number of aromatic nitrogens is 2. The van der Waals surface area contributed by atoms with Gasteiger partial charge in [0.05, 0.1) is 11.2 Å². The van der Waals surface area contributed by atoms with Gasteiger partial charge in [-0.1, -0.05) is 18.2 Å². The lowest BCUT2D eigenvalue weighted by atomic mass is 10.1. The molecule has 1 aromatic carbocycles. The van der Waals surface area contributed by atoms with Gasteiger partial charge in [0.15, 0.2) is 11.5 Å². The number of pyridine rings is 1. The number of halogens is 4. The Kier molecular flexibility index (Phi) is 9.97. The Bertz CT molecular complexity index is 1280. The van der Waals surface area contributed by atoms with E-state index in [1.54, 1.807) is 44.4 Å². The molecule has 210 valence electrons. The molecule has 3 rings (SSSR count). The summed E-state index contributed by atoms with van der Waals surface area (Å²) in [5.41, 5.74) is 0.0167. The number of rotatable bonds is 10. The maximum absolute atomic E-state index is 14.7. The van der Waals surface area contributed by atoms with Gasteiger partial charge in [-0.15, -0.1) is 17.9 Å². The average molecular weight is 584 g/mol. The lowest BCUT2D eigenvalue weighted by Crippen LogP contribution is -2.33. The standard InChI is InChI=1S/C26H29F4N5O2S2/c1-6-12-34(5)14-17-8-7-9-19(27)18(17)13-31-20-10-11-22(33-23(20)26(28,29)30)39-35(21-15-38-16-32-21)24(36)37-25(2,3)4/h6-11,15-16,31H,1,12-14H2,2-5H3. The Morgan fingerprint density at radius 3 is 2.59 bits per heavy atom. The first kappa shape index (κ1) is 30.4. The van der Waals surface area contributed by atoms with Crippen LogP contribution in [-0.4, -0.2) is 40.2 Å². The minimum absolute atomic E-state index is 0.107. The lowest BCUT2D eigenvalue weighted by Gasteiger charge is -2.25. The zero-order valence-electron chi connectivity index (χ0n) is 21.9. The third kappa shape index (κ3) is 8.67. The van der Waals surface area contributed by atoms with Gasteiger partial charge in [0.25, 0.3) is 0 Å². The van der Waals surface area contributed by atoms with E-state index in [4.69, 9.17) is 4.74 Å². The number of likely N-dealkylation sites (N-methyl/N-ethyl adjacent to an activating group) is 1. The molecule has 3 aromatic rings. The molecule has 7 nitrogen and oxygen atoms in total. The van der Waals surface area contributed by atoms with Gasteiger partial charge < -0.3 is 10.1 Å². The number of carbonyl (C=O) groups is 1. The zero-order valence-corrected chi connectivity index (χ0v) is 23.5. The number of amides is 1. The van der Waals surface area contributed by atoms with Gasteiger partial charge in [-0.2, -0.15) is 17.5 Å². The number of nitrogens with zero attached hydrogens (tertiary/aromatic N) is 4. The summed E-state index contributed by atoms with van der Waals surface area (Å²) in [6.45, 7) is 9.46. The molecule has 0 spiro atoms. The first-order valence-electron chi connectivity index (χ1n) is 11.8. The van der Waals surface area contributed by atoms with Crippen molar-refractivity contribution in [3.63, 3.8) is 0 Å². The summed E-state index contributed by atoms with van der Waals surface area (Å²) in [5, 5.41) is 4.16. The molecule has 13 heteroatoms. The van der Waals surface area contributed by atoms with Crippen LogP contribution in [0.25, 0.3) is 0 Å².